The maximum atomic E-state index is 6.04. The molecule has 3 aromatic rings. The van der Waals surface area contributed by atoms with Crippen molar-refractivity contribution in [3.8, 4) is 11.5 Å². The van der Waals surface area contributed by atoms with E-state index in [1.807, 2.05) is 12.1 Å². The molecule has 1 unspecified atom stereocenters. The topological polar surface area (TPSA) is 30.5 Å². The van der Waals surface area contributed by atoms with Crippen molar-refractivity contribution >= 4 is 15.9 Å². The SMILES string of the molecule is COc1cc(CNC(C)c2ccccc2)cc(Br)c1OCc1ccc(C)cc1. The van der Waals surface area contributed by atoms with E-state index in [2.05, 4.69) is 89.7 Å². The summed E-state index contributed by atoms with van der Waals surface area (Å²) in [6, 6.07) is 23.2. The van der Waals surface area contributed by atoms with Crippen LogP contribution in [0.5, 0.6) is 11.5 Å². The second-order valence-corrected chi connectivity index (χ2v) is 7.75. The van der Waals surface area contributed by atoms with E-state index in [9.17, 15) is 0 Å². The van der Waals surface area contributed by atoms with Gasteiger partial charge < -0.3 is 14.8 Å². The largest absolute Gasteiger partial charge is 0.493 e. The molecule has 28 heavy (non-hydrogen) atoms. The summed E-state index contributed by atoms with van der Waals surface area (Å²) in [6.45, 7) is 5.48. The zero-order valence-electron chi connectivity index (χ0n) is 16.5. The molecule has 0 fully saturated rings. The zero-order chi connectivity index (χ0) is 19.9. The fourth-order valence-electron chi connectivity index (χ4n) is 2.99. The van der Waals surface area contributed by atoms with Crippen LogP contribution in [0.2, 0.25) is 0 Å². The Hall–Kier alpha value is -2.30. The Morgan fingerprint density at radius 2 is 1.68 bits per heavy atom. The van der Waals surface area contributed by atoms with Crippen LogP contribution in [-0.2, 0) is 13.2 Å². The molecule has 3 rings (SSSR count). The first-order chi connectivity index (χ1) is 13.6. The van der Waals surface area contributed by atoms with Gasteiger partial charge in [0.15, 0.2) is 11.5 Å². The summed E-state index contributed by atoms with van der Waals surface area (Å²) in [5, 5.41) is 3.56. The fraction of sp³-hybridized carbons (Fsp3) is 0.250. The second-order valence-electron chi connectivity index (χ2n) is 6.90. The van der Waals surface area contributed by atoms with Crippen molar-refractivity contribution in [3.05, 3.63) is 93.5 Å². The van der Waals surface area contributed by atoms with E-state index >= 15 is 0 Å². The third-order valence-corrected chi connectivity index (χ3v) is 5.29. The van der Waals surface area contributed by atoms with Gasteiger partial charge >= 0.3 is 0 Å². The molecule has 4 heteroatoms. The lowest BCUT2D eigenvalue weighted by atomic mass is 10.1. The Bertz CT molecular complexity index is 894. The summed E-state index contributed by atoms with van der Waals surface area (Å²) < 4.78 is 12.5. The quantitative estimate of drug-likeness (QED) is 0.453. The van der Waals surface area contributed by atoms with Gasteiger partial charge in [0.05, 0.1) is 11.6 Å². The van der Waals surface area contributed by atoms with Gasteiger partial charge in [0.25, 0.3) is 0 Å². The van der Waals surface area contributed by atoms with E-state index in [-0.39, 0.29) is 6.04 Å². The lowest BCUT2D eigenvalue weighted by molar-refractivity contribution is 0.282. The molecule has 0 saturated carbocycles. The Morgan fingerprint density at radius 1 is 0.964 bits per heavy atom. The van der Waals surface area contributed by atoms with Gasteiger partial charge in [0.1, 0.15) is 6.61 Å². The minimum atomic E-state index is 0.267. The zero-order valence-corrected chi connectivity index (χ0v) is 18.1. The van der Waals surface area contributed by atoms with Crippen LogP contribution in [0.4, 0.5) is 0 Å². The van der Waals surface area contributed by atoms with Crippen molar-refractivity contribution in [1.29, 1.82) is 0 Å². The molecule has 3 nitrogen and oxygen atoms in total. The van der Waals surface area contributed by atoms with Crippen molar-refractivity contribution < 1.29 is 9.47 Å². The van der Waals surface area contributed by atoms with Gasteiger partial charge in [-0.1, -0.05) is 60.2 Å². The number of halogens is 1. The number of hydrogen-bond donors (Lipinski definition) is 1. The summed E-state index contributed by atoms with van der Waals surface area (Å²) in [5.74, 6) is 1.45. The third-order valence-electron chi connectivity index (χ3n) is 4.70. The van der Waals surface area contributed by atoms with Crippen molar-refractivity contribution in [2.24, 2.45) is 0 Å². The molecule has 0 spiro atoms. The Kier molecular flexibility index (Phi) is 7.12. The maximum Gasteiger partial charge on any atom is 0.175 e. The molecule has 3 aromatic carbocycles. The first kappa shape index (κ1) is 20.4. The molecule has 0 bridgehead atoms. The molecule has 0 heterocycles. The highest BCUT2D eigenvalue weighted by Crippen LogP contribution is 2.37. The van der Waals surface area contributed by atoms with Crippen LogP contribution in [0.3, 0.4) is 0 Å². The Balaban J connectivity index is 1.67. The predicted molar refractivity (Wildman–Crippen MR) is 118 cm³/mol. The van der Waals surface area contributed by atoms with Crippen molar-refractivity contribution in [3.63, 3.8) is 0 Å². The highest BCUT2D eigenvalue weighted by Gasteiger charge is 2.13. The van der Waals surface area contributed by atoms with Crippen molar-refractivity contribution in [2.45, 2.75) is 33.0 Å². The van der Waals surface area contributed by atoms with E-state index in [4.69, 9.17) is 9.47 Å². The molecular weight excluding hydrogens is 414 g/mol. The van der Waals surface area contributed by atoms with E-state index < -0.39 is 0 Å². The molecular formula is C24H26BrNO2. The van der Waals surface area contributed by atoms with Gasteiger partial charge in [0, 0.05) is 12.6 Å². The first-order valence-corrected chi connectivity index (χ1v) is 10.2. The number of ether oxygens (including phenoxy) is 2. The lowest BCUT2D eigenvalue weighted by Gasteiger charge is -2.17. The van der Waals surface area contributed by atoms with Crippen LogP contribution >= 0.6 is 15.9 Å². The number of rotatable bonds is 8. The second kappa shape index (κ2) is 9.76. The highest BCUT2D eigenvalue weighted by atomic mass is 79.9. The van der Waals surface area contributed by atoms with Crippen LogP contribution in [0.1, 0.15) is 35.2 Å². The molecule has 0 aliphatic rings. The normalized spacial score (nSPS) is 11.9. The molecule has 1 atom stereocenters. The molecule has 1 N–H and O–H groups in total. The van der Waals surface area contributed by atoms with Crippen LogP contribution in [0.15, 0.2) is 71.2 Å². The summed E-state index contributed by atoms with van der Waals surface area (Å²) >= 11 is 3.64. The number of hydrogen-bond acceptors (Lipinski definition) is 3. The number of aryl methyl sites for hydroxylation is 1. The molecule has 0 aliphatic heterocycles. The molecule has 146 valence electrons. The summed E-state index contributed by atoms with van der Waals surface area (Å²) in [7, 11) is 1.67. The van der Waals surface area contributed by atoms with Crippen molar-refractivity contribution in [1.82, 2.24) is 5.32 Å². The van der Waals surface area contributed by atoms with Gasteiger partial charge in [-0.15, -0.1) is 0 Å². The van der Waals surface area contributed by atoms with E-state index in [1.54, 1.807) is 7.11 Å². The van der Waals surface area contributed by atoms with Gasteiger partial charge in [0.2, 0.25) is 0 Å². The fourth-order valence-corrected chi connectivity index (χ4v) is 3.59. The summed E-state index contributed by atoms with van der Waals surface area (Å²) in [6.07, 6.45) is 0. The highest BCUT2D eigenvalue weighted by molar-refractivity contribution is 9.10. The van der Waals surface area contributed by atoms with Gasteiger partial charge in [-0.25, -0.2) is 0 Å². The molecule has 0 radical (unpaired) electrons. The van der Waals surface area contributed by atoms with Crippen molar-refractivity contribution in [2.75, 3.05) is 7.11 Å². The monoisotopic (exact) mass is 439 g/mol. The standard InChI is InChI=1S/C24H26BrNO2/c1-17-9-11-19(12-10-17)16-28-24-22(25)13-20(14-23(24)27-3)15-26-18(2)21-7-5-4-6-8-21/h4-14,18,26H,15-16H2,1-3H3. The van der Waals surface area contributed by atoms with E-state index in [0.717, 1.165) is 33.6 Å². The lowest BCUT2D eigenvalue weighted by Crippen LogP contribution is -2.18. The maximum absolute atomic E-state index is 6.04. The number of nitrogens with one attached hydrogen (secondary N) is 1. The Morgan fingerprint density at radius 3 is 2.36 bits per heavy atom. The summed E-state index contributed by atoms with van der Waals surface area (Å²) in [4.78, 5) is 0. The molecule has 0 aliphatic carbocycles. The molecule has 0 amide bonds. The predicted octanol–water partition coefficient (Wildman–Crippen LogP) is 6.20. The van der Waals surface area contributed by atoms with Gasteiger partial charge in [-0.2, -0.15) is 0 Å². The number of methoxy groups -OCH3 is 1. The van der Waals surface area contributed by atoms with E-state index in [0.29, 0.717) is 6.61 Å². The third kappa shape index (κ3) is 5.37. The number of benzene rings is 3. The summed E-state index contributed by atoms with van der Waals surface area (Å²) in [5.41, 5.74) is 4.77. The average Bonchev–Trinajstić information content (AvgIpc) is 2.72. The molecule has 0 aromatic heterocycles. The smallest absolute Gasteiger partial charge is 0.175 e. The van der Waals surface area contributed by atoms with Crippen LogP contribution in [0, 0.1) is 6.92 Å². The Labute approximate surface area is 175 Å². The minimum absolute atomic E-state index is 0.267. The van der Waals surface area contributed by atoms with E-state index in [1.165, 1.54) is 11.1 Å². The average molecular weight is 440 g/mol. The minimum Gasteiger partial charge on any atom is -0.493 e. The molecule has 0 saturated heterocycles. The van der Waals surface area contributed by atoms with Crippen LogP contribution in [0.25, 0.3) is 0 Å². The first-order valence-electron chi connectivity index (χ1n) is 9.40. The van der Waals surface area contributed by atoms with Crippen LogP contribution in [-0.4, -0.2) is 7.11 Å². The van der Waals surface area contributed by atoms with Gasteiger partial charge in [-0.05, 0) is 58.6 Å². The van der Waals surface area contributed by atoms with Gasteiger partial charge in [-0.3, -0.25) is 0 Å². The van der Waals surface area contributed by atoms with Crippen LogP contribution < -0.4 is 14.8 Å².